The highest BCUT2D eigenvalue weighted by atomic mass is 127. The van der Waals surface area contributed by atoms with Crippen molar-refractivity contribution in [2.75, 3.05) is 26.0 Å². The van der Waals surface area contributed by atoms with E-state index in [2.05, 4.69) is 15.6 Å². The van der Waals surface area contributed by atoms with Crippen molar-refractivity contribution in [3.8, 4) is 0 Å². The molecule has 166 valence electrons. The molecule has 0 amide bonds. The van der Waals surface area contributed by atoms with E-state index in [0.29, 0.717) is 17.4 Å². The summed E-state index contributed by atoms with van der Waals surface area (Å²) in [6.07, 6.45) is 15.0. The summed E-state index contributed by atoms with van der Waals surface area (Å²) in [4.78, 5) is 4.36. The Labute approximate surface area is 192 Å². The average Bonchev–Trinajstić information content (AvgIpc) is 2.72. The first-order valence-electron chi connectivity index (χ1n) is 11.2. The number of hydrogen-bond donors (Lipinski definition) is 2. The third-order valence-corrected chi connectivity index (χ3v) is 7.61. The van der Waals surface area contributed by atoms with Gasteiger partial charge in [0.1, 0.15) is 0 Å². The van der Waals surface area contributed by atoms with Gasteiger partial charge in [0.15, 0.2) is 5.96 Å². The van der Waals surface area contributed by atoms with Crippen LogP contribution in [0.25, 0.3) is 0 Å². The molecule has 0 aromatic carbocycles. The third-order valence-electron chi connectivity index (χ3n) is 5.87. The van der Waals surface area contributed by atoms with Crippen molar-refractivity contribution in [3.05, 3.63) is 0 Å². The average molecular weight is 528 g/mol. The first kappa shape index (κ1) is 26.1. The fourth-order valence-corrected chi connectivity index (χ4v) is 5.58. The lowest BCUT2D eigenvalue weighted by Gasteiger charge is -2.30. The van der Waals surface area contributed by atoms with Crippen LogP contribution < -0.4 is 10.6 Å². The number of guanidine groups is 1. The van der Waals surface area contributed by atoms with Crippen LogP contribution in [0.5, 0.6) is 0 Å². The molecule has 0 aromatic rings. The van der Waals surface area contributed by atoms with Gasteiger partial charge in [-0.3, -0.25) is 9.20 Å². The highest BCUT2D eigenvalue weighted by Crippen LogP contribution is 2.23. The number of nitrogens with one attached hydrogen (secondary N) is 2. The molecule has 3 atom stereocenters. The van der Waals surface area contributed by atoms with Gasteiger partial charge in [0.05, 0.1) is 6.10 Å². The number of nitrogens with zero attached hydrogens (tertiary/aromatic N) is 1. The maximum Gasteiger partial charge on any atom is 0.191 e. The van der Waals surface area contributed by atoms with E-state index in [0.717, 1.165) is 63.4 Å². The number of unbranched alkanes of at least 4 members (excludes halogenated alkanes) is 2. The minimum Gasteiger partial charge on any atom is -0.378 e. The molecule has 0 bridgehead atoms. The van der Waals surface area contributed by atoms with Crippen LogP contribution in [-0.2, 0) is 15.5 Å². The highest BCUT2D eigenvalue weighted by Gasteiger charge is 2.25. The minimum absolute atomic E-state index is 0. The number of aliphatic imine (C=N–C) groups is 1. The second-order valence-electron chi connectivity index (χ2n) is 7.99. The second-order valence-corrected chi connectivity index (χ2v) is 10.00. The standard InChI is InChI=1S/C21H41N3O2S.HI/c1-3-27(25)20-14-10-11-18(17-20)24-21(22-2)23-15-8-5-9-16-26-19-12-6-4-7-13-19;/h18-20H,3-17H2,1-2H3,(H2,22,23,24);1H. The number of rotatable bonds is 10. The molecule has 28 heavy (non-hydrogen) atoms. The third kappa shape index (κ3) is 10.2. The molecule has 0 aliphatic heterocycles. The molecule has 2 N–H and O–H groups in total. The number of halogens is 1. The molecule has 0 heterocycles. The summed E-state index contributed by atoms with van der Waals surface area (Å²) in [5.74, 6) is 1.66. The summed E-state index contributed by atoms with van der Waals surface area (Å²) in [6.45, 7) is 3.88. The summed E-state index contributed by atoms with van der Waals surface area (Å²) in [7, 11) is 1.16. The Hall–Kier alpha value is 0.110. The van der Waals surface area contributed by atoms with Crippen molar-refractivity contribution in [2.24, 2.45) is 4.99 Å². The summed E-state index contributed by atoms with van der Waals surface area (Å²) in [5.41, 5.74) is 0. The van der Waals surface area contributed by atoms with Crippen LogP contribution in [0.3, 0.4) is 0 Å². The van der Waals surface area contributed by atoms with Gasteiger partial charge in [0.25, 0.3) is 0 Å². The summed E-state index contributed by atoms with van der Waals surface area (Å²) >= 11 is 0. The molecule has 0 radical (unpaired) electrons. The molecule has 2 fully saturated rings. The lowest BCUT2D eigenvalue weighted by Crippen LogP contribution is -2.46. The smallest absolute Gasteiger partial charge is 0.191 e. The SMILES string of the molecule is CCS(=O)C1CCCC(NC(=NC)NCCCCCOC2CCCCC2)C1.I. The summed E-state index contributed by atoms with van der Waals surface area (Å²) in [6, 6.07) is 0.398. The minimum atomic E-state index is -0.675. The lowest BCUT2D eigenvalue weighted by molar-refractivity contribution is 0.0264. The molecule has 0 spiro atoms. The van der Waals surface area contributed by atoms with E-state index in [9.17, 15) is 4.21 Å². The monoisotopic (exact) mass is 527 g/mol. The molecule has 5 nitrogen and oxygen atoms in total. The largest absolute Gasteiger partial charge is 0.378 e. The fourth-order valence-electron chi connectivity index (χ4n) is 4.23. The first-order chi connectivity index (χ1) is 13.2. The van der Waals surface area contributed by atoms with E-state index in [1.165, 1.54) is 38.5 Å². The highest BCUT2D eigenvalue weighted by molar-refractivity contribution is 14.0. The zero-order valence-electron chi connectivity index (χ0n) is 17.9. The molecule has 2 aliphatic carbocycles. The Kier molecular flexibility index (Phi) is 14.8. The van der Waals surface area contributed by atoms with Crippen LogP contribution >= 0.6 is 24.0 Å². The van der Waals surface area contributed by atoms with Crippen molar-refractivity contribution in [2.45, 2.75) is 101 Å². The van der Waals surface area contributed by atoms with Gasteiger partial charge in [-0.15, -0.1) is 24.0 Å². The lowest BCUT2D eigenvalue weighted by atomic mass is 9.95. The van der Waals surface area contributed by atoms with Crippen LogP contribution in [-0.4, -0.2) is 53.5 Å². The summed E-state index contributed by atoms with van der Waals surface area (Å²) < 4.78 is 18.1. The van der Waals surface area contributed by atoms with Gasteiger partial charge < -0.3 is 15.4 Å². The molecular formula is C21H42IN3O2S. The van der Waals surface area contributed by atoms with E-state index in [4.69, 9.17) is 4.74 Å². The van der Waals surface area contributed by atoms with Crippen LogP contribution in [0.15, 0.2) is 4.99 Å². The van der Waals surface area contributed by atoms with Crippen molar-refractivity contribution in [1.29, 1.82) is 0 Å². The molecule has 3 unspecified atom stereocenters. The van der Waals surface area contributed by atoms with Gasteiger partial charge in [0, 0.05) is 48.0 Å². The van der Waals surface area contributed by atoms with Crippen LogP contribution in [0.4, 0.5) is 0 Å². The second kappa shape index (κ2) is 15.9. The normalized spacial score (nSPS) is 25.0. The van der Waals surface area contributed by atoms with E-state index < -0.39 is 10.8 Å². The quantitative estimate of drug-likeness (QED) is 0.192. The topological polar surface area (TPSA) is 62.7 Å². The van der Waals surface area contributed by atoms with E-state index in [-0.39, 0.29) is 24.0 Å². The van der Waals surface area contributed by atoms with Gasteiger partial charge in [-0.05, 0) is 51.4 Å². The van der Waals surface area contributed by atoms with E-state index in [1.54, 1.807) is 0 Å². The van der Waals surface area contributed by atoms with Gasteiger partial charge >= 0.3 is 0 Å². The number of ether oxygens (including phenoxy) is 1. The maximum absolute atomic E-state index is 12.1. The molecule has 2 rings (SSSR count). The first-order valence-corrected chi connectivity index (χ1v) is 12.6. The molecule has 0 aromatic heterocycles. The zero-order valence-corrected chi connectivity index (χ0v) is 21.1. The van der Waals surface area contributed by atoms with Crippen molar-refractivity contribution >= 4 is 40.7 Å². The Bertz CT molecular complexity index is 459. The number of hydrogen-bond acceptors (Lipinski definition) is 3. The summed E-state index contributed by atoms with van der Waals surface area (Å²) in [5, 5.41) is 7.33. The Morgan fingerprint density at radius 1 is 1.07 bits per heavy atom. The van der Waals surface area contributed by atoms with Gasteiger partial charge in [0.2, 0.25) is 0 Å². The van der Waals surface area contributed by atoms with Crippen LogP contribution in [0.2, 0.25) is 0 Å². The molecular weight excluding hydrogens is 485 g/mol. The molecule has 2 aliphatic rings. The van der Waals surface area contributed by atoms with E-state index >= 15 is 0 Å². The maximum atomic E-state index is 12.1. The molecule has 0 saturated heterocycles. The van der Waals surface area contributed by atoms with Crippen molar-refractivity contribution < 1.29 is 8.95 Å². The predicted molar refractivity (Wildman–Crippen MR) is 131 cm³/mol. The zero-order chi connectivity index (χ0) is 19.3. The predicted octanol–water partition coefficient (Wildman–Crippen LogP) is 4.37. The van der Waals surface area contributed by atoms with Gasteiger partial charge in [-0.1, -0.05) is 32.6 Å². The molecule has 2 saturated carbocycles. The van der Waals surface area contributed by atoms with Gasteiger partial charge in [-0.25, -0.2) is 0 Å². The van der Waals surface area contributed by atoms with Crippen molar-refractivity contribution in [1.82, 2.24) is 10.6 Å². The fraction of sp³-hybridized carbons (Fsp3) is 0.952. The van der Waals surface area contributed by atoms with Crippen LogP contribution in [0, 0.1) is 0 Å². The van der Waals surface area contributed by atoms with Gasteiger partial charge in [-0.2, -0.15) is 0 Å². The Morgan fingerprint density at radius 3 is 2.57 bits per heavy atom. The van der Waals surface area contributed by atoms with E-state index in [1.807, 2.05) is 14.0 Å². The Balaban J connectivity index is 0.00000392. The molecule has 7 heteroatoms. The van der Waals surface area contributed by atoms with Crippen molar-refractivity contribution in [3.63, 3.8) is 0 Å². The Morgan fingerprint density at radius 2 is 1.86 bits per heavy atom. The van der Waals surface area contributed by atoms with Crippen LogP contribution in [0.1, 0.15) is 84.0 Å².